The Morgan fingerprint density at radius 2 is 2.17 bits per heavy atom. The Bertz CT molecular complexity index is 650. The third kappa shape index (κ3) is 4.13. The quantitative estimate of drug-likeness (QED) is 0.829. The molecule has 1 aromatic heterocycles. The second-order valence-corrected chi connectivity index (χ2v) is 8.50. The Balaban J connectivity index is 1.82. The molecule has 2 aliphatic rings. The van der Waals surface area contributed by atoms with Gasteiger partial charge >= 0.3 is 0 Å². The molecule has 1 aliphatic heterocycles. The normalized spacial score (nSPS) is 25.4. The summed E-state index contributed by atoms with van der Waals surface area (Å²) in [6.07, 6.45) is 8.43. The van der Waals surface area contributed by atoms with Gasteiger partial charge in [-0.25, -0.2) is 13.1 Å². The maximum Gasteiger partial charge on any atom is 0.239 e. The number of nitrogens with one attached hydrogen (secondary N) is 2. The van der Waals surface area contributed by atoms with E-state index in [0.29, 0.717) is 13.1 Å². The third-order valence-corrected chi connectivity index (χ3v) is 5.29. The zero-order valence-electron chi connectivity index (χ0n) is 13.2. The highest BCUT2D eigenvalue weighted by molar-refractivity contribution is 7.88. The van der Waals surface area contributed by atoms with Crippen LogP contribution in [-0.4, -0.2) is 50.2 Å². The standard InChI is InChI=1S/C15H23N3O4S/c1-23(20,21)17-13-9-18(8-12-4-7-22-10-12)11-15(16-14(13)19)5-2-3-6-15/h4,7,10,13,17H,2-3,5-6,8-9,11H2,1H3,(H,16,19). The average molecular weight is 341 g/mol. The molecule has 128 valence electrons. The van der Waals surface area contributed by atoms with Crippen LogP contribution in [0.5, 0.6) is 0 Å². The summed E-state index contributed by atoms with van der Waals surface area (Å²) >= 11 is 0. The minimum absolute atomic E-state index is 0.230. The topological polar surface area (TPSA) is 91.7 Å². The van der Waals surface area contributed by atoms with Gasteiger partial charge in [0.1, 0.15) is 6.04 Å². The predicted molar refractivity (Wildman–Crippen MR) is 85.1 cm³/mol. The number of hydrogen-bond acceptors (Lipinski definition) is 5. The largest absolute Gasteiger partial charge is 0.472 e. The number of furan rings is 1. The zero-order valence-corrected chi connectivity index (χ0v) is 14.1. The molecule has 1 spiro atoms. The summed E-state index contributed by atoms with van der Waals surface area (Å²) < 4.78 is 30.7. The van der Waals surface area contributed by atoms with Crippen LogP contribution in [0.15, 0.2) is 23.0 Å². The number of nitrogens with zero attached hydrogens (tertiary/aromatic N) is 1. The Morgan fingerprint density at radius 1 is 1.43 bits per heavy atom. The Hall–Kier alpha value is -1.38. The summed E-state index contributed by atoms with van der Waals surface area (Å²) in [7, 11) is -3.45. The summed E-state index contributed by atoms with van der Waals surface area (Å²) in [4.78, 5) is 14.7. The molecule has 2 fully saturated rings. The molecule has 0 radical (unpaired) electrons. The van der Waals surface area contributed by atoms with Gasteiger partial charge in [-0.1, -0.05) is 12.8 Å². The van der Waals surface area contributed by atoms with E-state index in [-0.39, 0.29) is 11.4 Å². The Kier molecular flexibility index (Phi) is 4.48. The van der Waals surface area contributed by atoms with E-state index in [4.69, 9.17) is 4.42 Å². The summed E-state index contributed by atoms with van der Waals surface area (Å²) in [6, 6.07) is 1.12. The highest BCUT2D eigenvalue weighted by atomic mass is 32.2. The van der Waals surface area contributed by atoms with E-state index in [1.165, 1.54) is 0 Å². The van der Waals surface area contributed by atoms with Crippen LogP contribution in [0.2, 0.25) is 0 Å². The molecule has 2 N–H and O–H groups in total. The minimum Gasteiger partial charge on any atom is -0.472 e. The SMILES string of the molecule is CS(=O)(=O)NC1CN(Cc2ccoc2)CC2(CCCC2)NC1=O. The van der Waals surface area contributed by atoms with Crippen molar-refractivity contribution >= 4 is 15.9 Å². The van der Waals surface area contributed by atoms with Crippen LogP contribution >= 0.6 is 0 Å². The van der Waals surface area contributed by atoms with E-state index < -0.39 is 16.1 Å². The lowest BCUT2D eigenvalue weighted by Gasteiger charge is -2.32. The molecule has 1 atom stereocenters. The van der Waals surface area contributed by atoms with Crippen LogP contribution < -0.4 is 10.0 Å². The number of amides is 1. The van der Waals surface area contributed by atoms with Crippen LogP contribution in [0.1, 0.15) is 31.2 Å². The van der Waals surface area contributed by atoms with Crippen molar-refractivity contribution in [1.82, 2.24) is 14.9 Å². The van der Waals surface area contributed by atoms with E-state index in [1.807, 2.05) is 6.07 Å². The zero-order chi connectivity index (χ0) is 16.5. The van der Waals surface area contributed by atoms with Crippen molar-refractivity contribution in [3.8, 4) is 0 Å². The molecule has 1 saturated heterocycles. The van der Waals surface area contributed by atoms with E-state index >= 15 is 0 Å². The molecule has 0 bridgehead atoms. The van der Waals surface area contributed by atoms with Crippen molar-refractivity contribution in [3.05, 3.63) is 24.2 Å². The van der Waals surface area contributed by atoms with Crippen LogP contribution in [0.3, 0.4) is 0 Å². The smallest absolute Gasteiger partial charge is 0.239 e. The maximum atomic E-state index is 12.5. The monoisotopic (exact) mass is 341 g/mol. The molecule has 2 heterocycles. The Labute approximate surface area is 136 Å². The fraction of sp³-hybridized carbons (Fsp3) is 0.667. The number of carbonyl (C=O) groups excluding carboxylic acids is 1. The van der Waals surface area contributed by atoms with Gasteiger partial charge < -0.3 is 9.73 Å². The van der Waals surface area contributed by atoms with Crippen molar-refractivity contribution in [3.63, 3.8) is 0 Å². The lowest BCUT2D eigenvalue weighted by Crippen LogP contribution is -2.54. The van der Waals surface area contributed by atoms with Crippen LogP contribution in [0, 0.1) is 0 Å². The first-order chi connectivity index (χ1) is 10.9. The number of carbonyl (C=O) groups is 1. The molecule has 0 aromatic carbocycles. The fourth-order valence-electron chi connectivity index (χ4n) is 3.67. The highest BCUT2D eigenvalue weighted by Crippen LogP contribution is 2.32. The number of sulfonamides is 1. The third-order valence-electron chi connectivity index (χ3n) is 4.58. The summed E-state index contributed by atoms with van der Waals surface area (Å²) in [5.74, 6) is -0.230. The maximum absolute atomic E-state index is 12.5. The first kappa shape index (κ1) is 16.5. The number of rotatable bonds is 4. The van der Waals surface area contributed by atoms with Crippen LogP contribution in [0.25, 0.3) is 0 Å². The van der Waals surface area contributed by atoms with Crippen molar-refractivity contribution in [2.24, 2.45) is 0 Å². The lowest BCUT2D eigenvalue weighted by molar-refractivity contribution is -0.123. The highest BCUT2D eigenvalue weighted by Gasteiger charge is 2.42. The van der Waals surface area contributed by atoms with Gasteiger partial charge in [-0.2, -0.15) is 0 Å². The molecule has 23 heavy (non-hydrogen) atoms. The summed E-state index contributed by atoms with van der Waals surface area (Å²) in [5, 5.41) is 3.11. The van der Waals surface area contributed by atoms with Gasteiger partial charge in [-0.05, 0) is 18.9 Å². The van der Waals surface area contributed by atoms with E-state index in [9.17, 15) is 13.2 Å². The minimum atomic E-state index is -3.45. The molecule has 1 saturated carbocycles. The average Bonchev–Trinajstić information content (AvgIpc) is 3.06. The van der Waals surface area contributed by atoms with Crippen LogP contribution in [-0.2, 0) is 21.4 Å². The van der Waals surface area contributed by atoms with Crippen LogP contribution in [0.4, 0.5) is 0 Å². The van der Waals surface area contributed by atoms with Crippen molar-refractivity contribution in [2.75, 3.05) is 19.3 Å². The molecule has 8 heteroatoms. The van der Waals surface area contributed by atoms with Gasteiger partial charge in [0, 0.05) is 25.2 Å². The summed E-state index contributed by atoms with van der Waals surface area (Å²) in [5.41, 5.74) is 0.778. The molecular weight excluding hydrogens is 318 g/mol. The van der Waals surface area contributed by atoms with Gasteiger partial charge in [0.25, 0.3) is 0 Å². The molecule has 1 aromatic rings. The predicted octanol–water partition coefficient (Wildman–Crippen LogP) is 0.442. The van der Waals surface area contributed by atoms with Gasteiger partial charge in [0.05, 0.1) is 24.3 Å². The lowest BCUT2D eigenvalue weighted by atomic mass is 9.97. The molecule has 3 rings (SSSR count). The van der Waals surface area contributed by atoms with Crippen molar-refractivity contribution in [2.45, 2.75) is 43.8 Å². The van der Waals surface area contributed by atoms with E-state index in [0.717, 1.165) is 44.0 Å². The fourth-order valence-corrected chi connectivity index (χ4v) is 4.37. The second kappa shape index (κ2) is 6.26. The van der Waals surface area contributed by atoms with Gasteiger partial charge in [-0.3, -0.25) is 9.69 Å². The molecule has 1 aliphatic carbocycles. The summed E-state index contributed by atoms with van der Waals surface area (Å²) in [6.45, 7) is 1.72. The first-order valence-electron chi connectivity index (χ1n) is 7.88. The van der Waals surface area contributed by atoms with E-state index in [1.54, 1.807) is 12.5 Å². The molecular formula is C15H23N3O4S. The van der Waals surface area contributed by atoms with Crippen molar-refractivity contribution in [1.29, 1.82) is 0 Å². The molecule has 1 amide bonds. The Morgan fingerprint density at radius 3 is 2.78 bits per heavy atom. The van der Waals surface area contributed by atoms with Gasteiger partial charge in [0.15, 0.2) is 0 Å². The number of hydrogen-bond donors (Lipinski definition) is 2. The van der Waals surface area contributed by atoms with Gasteiger partial charge in [0.2, 0.25) is 15.9 Å². The van der Waals surface area contributed by atoms with E-state index in [2.05, 4.69) is 14.9 Å². The second-order valence-electron chi connectivity index (χ2n) is 6.72. The molecule has 1 unspecified atom stereocenters. The molecule has 7 nitrogen and oxygen atoms in total. The van der Waals surface area contributed by atoms with Gasteiger partial charge in [-0.15, -0.1) is 0 Å². The first-order valence-corrected chi connectivity index (χ1v) is 9.77. The van der Waals surface area contributed by atoms with Crippen molar-refractivity contribution < 1.29 is 17.6 Å².